The van der Waals surface area contributed by atoms with Gasteiger partial charge in [-0.3, -0.25) is 0 Å². The summed E-state index contributed by atoms with van der Waals surface area (Å²) in [5.74, 6) is 0. The summed E-state index contributed by atoms with van der Waals surface area (Å²) >= 11 is 7.24. The van der Waals surface area contributed by atoms with Gasteiger partial charge in [-0.15, -0.1) is 0 Å². The minimum atomic E-state index is 0.0717. The molecule has 0 saturated heterocycles. The molecule has 92 valence electrons. The first-order valence-corrected chi connectivity index (χ1v) is 7.61. The Hall–Kier alpha value is -0.600. The van der Waals surface area contributed by atoms with Crippen molar-refractivity contribution in [3.05, 3.63) is 56.0 Å². The first-order valence-electron chi connectivity index (χ1n) is 6.03. The van der Waals surface area contributed by atoms with E-state index in [2.05, 4.69) is 83.0 Å². The van der Waals surface area contributed by atoms with Gasteiger partial charge in [-0.25, -0.2) is 0 Å². The first-order chi connectivity index (χ1) is 8.43. The summed E-state index contributed by atoms with van der Waals surface area (Å²) in [6.45, 7) is 6.82. The van der Waals surface area contributed by atoms with Gasteiger partial charge in [0.15, 0.2) is 0 Å². The van der Waals surface area contributed by atoms with Crippen LogP contribution >= 0.6 is 31.9 Å². The fourth-order valence-electron chi connectivity index (χ4n) is 3.12. The van der Waals surface area contributed by atoms with Crippen LogP contribution in [0.5, 0.6) is 0 Å². The lowest BCUT2D eigenvalue weighted by Gasteiger charge is -2.24. The second-order valence-corrected chi connectivity index (χ2v) is 7.18. The zero-order valence-electron chi connectivity index (χ0n) is 10.6. The topological polar surface area (TPSA) is 0 Å². The second-order valence-electron chi connectivity index (χ2n) is 5.41. The van der Waals surface area contributed by atoms with Crippen molar-refractivity contribution in [2.75, 3.05) is 0 Å². The van der Waals surface area contributed by atoms with Gasteiger partial charge in [0.2, 0.25) is 0 Å². The molecule has 0 N–H and O–H groups in total. The molecule has 0 heterocycles. The minimum absolute atomic E-state index is 0.0717. The van der Waals surface area contributed by atoms with Gasteiger partial charge < -0.3 is 0 Å². The lowest BCUT2D eigenvalue weighted by Crippen LogP contribution is -2.16. The third-order valence-electron chi connectivity index (χ3n) is 3.97. The van der Waals surface area contributed by atoms with Crippen LogP contribution in [-0.2, 0) is 5.41 Å². The second kappa shape index (κ2) is 3.94. The summed E-state index contributed by atoms with van der Waals surface area (Å²) in [5.41, 5.74) is 7.03. The highest BCUT2D eigenvalue weighted by molar-refractivity contribution is 9.10. The highest BCUT2D eigenvalue weighted by atomic mass is 79.9. The molecule has 0 aliphatic heterocycles. The molecule has 2 aromatic rings. The highest BCUT2D eigenvalue weighted by Gasteiger charge is 2.37. The molecule has 0 unspecified atom stereocenters. The largest absolute Gasteiger partial charge is 0.0529 e. The molecule has 2 heteroatoms. The maximum absolute atomic E-state index is 3.65. The van der Waals surface area contributed by atoms with Crippen LogP contribution in [0.3, 0.4) is 0 Å². The van der Waals surface area contributed by atoms with Gasteiger partial charge in [0.1, 0.15) is 0 Å². The normalized spacial score (nSPS) is 15.4. The standard InChI is InChI=1S/C16H14Br2/c1-9-14(18)7-6-12-11-5-4-10(17)8-13(11)16(2,3)15(9)12/h4-8H,1-3H3. The van der Waals surface area contributed by atoms with E-state index in [0.29, 0.717) is 0 Å². The molecule has 0 saturated carbocycles. The van der Waals surface area contributed by atoms with Crippen LogP contribution in [0.15, 0.2) is 39.3 Å². The Morgan fingerprint density at radius 3 is 2.33 bits per heavy atom. The molecule has 2 aromatic carbocycles. The maximum Gasteiger partial charge on any atom is 0.0207 e. The average molecular weight is 366 g/mol. The third kappa shape index (κ3) is 1.55. The SMILES string of the molecule is Cc1c(Br)ccc2c1C(C)(C)c1cc(Br)ccc1-2. The van der Waals surface area contributed by atoms with E-state index in [-0.39, 0.29) is 5.41 Å². The van der Waals surface area contributed by atoms with E-state index >= 15 is 0 Å². The Bertz CT molecular complexity index is 654. The van der Waals surface area contributed by atoms with Gasteiger partial charge in [-0.05, 0) is 52.9 Å². The molecule has 0 radical (unpaired) electrons. The van der Waals surface area contributed by atoms with E-state index in [0.717, 1.165) is 4.47 Å². The van der Waals surface area contributed by atoms with E-state index < -0.39 is 0 Å². The molecule has 0 amide bonds. The van der Waals surface area contributed by atoms with Crippen LogP contribution in [0, 0.1) is 6.92 Å². The number of halogens is 2. The van der Waals surface area contributed by atoms with Crippen LogP contribution in [-0.4, -0.2) is 0 Å². The van der Waals surface area contributed by atoms with Crippen molar-refractivity contribution in [2.24, 2.45) is 0 Å². The molecular formula is C16H14Br2. The molecule has 1 aliphatic rings. The lowest BCUT2D eigenvalue weighted by molar-refractivity contribution is 0.654. The summed E-state index contributed by atoms with van der Waals surface area (Å²) in [4.78, 5) is 0. The van der Waals surface area contributed by atoms with Crippen molar-refractivity contribution in [1.29, 1.82) is 0 Å². The Morgan fingerprint density at radius 1 is 0.944 bits per heavy atom. The van der Waals surface area contributed by atoms with E-state index in [4.69, 9.17) is 0 Å². The van der Waals surface area contributed by atoms with Crippen molar-refractivity contribution >= 4 is 31.9 Å². The van der Waals surface area contributed by atoms with E-state index in [1.54, 1.807) is 0 Å². The van der Waals surface area contributed by atoms with Crippen molar-refractivity contribution in [3.63, 3.8) is 0 Å². The first kappa shape index (κ1) is 12.4. The van der Waals surface area contributed by atoms with Crippen molar-refractivity contribution in [3.8, 4) is 11.1 Å². The number of rotatable bonds is 0. The van der Waals surface area contributed by atoms with Crippen molar-refractivity contribution in [1.82, 2.24) is 0 Å². The molecule has 0 nitrogen and oxygen atoms in total. The Labute approximate surface area is 125 Å². The molecule has 0 atom stereocenters. The Kier molecular flexibility index (Phi) is 2.73. The summed E-state index contributed by atoms with van der Waals surface area (Å²) in [6.07, 6.45) is 0. The van der Waals surface area contributed by atoms with E-state index in [1.807, 2.05) is 0 Å². The smallest absolute Gasteiger partial charge is 0.0207 e. The lowest BCUT2D eigenvalue weighted by atomic mass is 9.80. The summed E-state index contributed by atoms with van der Waals surface area (Å²) in [7, 11) is 0. The fraction of sp³-hybridized carbons (Fsp3) is 0.250. The minimum Gasteiger partial charge on any atom is -0.0529 e. The zero-order chi connectivity index (χ0) is 13.1. The number of hydrogen-bond donors (Lipinski definition) is 0. The summed E-state index contributed by atoms with van der Waals surface area (Å²) in [5, 5.41) is 0. The zero-order valence-corrected chi connectivity index (χ0v) is 13.8. The van der Waals surface area contributed by atoms with Crippen molar-refractivity contribution < 1.29 is 0 Å². The molecule has 18 heavy (non-hydrogen) atoms. The summed E-state index contributed by atoms with van der Waals surface area (Å²) < 4.78 is 2.35. The van der Waals surface area contributed by atoms with Gasteiger partial charge >= 0.3 is 0 Å². The summed E-state index contributed by atoms with van der Waals surface area (Å²) in [6, 6.07) is 11.0. The monoisotopic (exact) mass is 364 g/mol. The molecule has 0 bridgehead atoms. The van der Waals surface area contributed by atoms with Gasteiger partial charge in [-0.1, -0.05) is 57.8 Å². The predicted octanol–water partition coefficient (Wildman–Crippen LogP) is 5.83. The van der Waals surface area contributed by atoms with Gasteiger partial charge in [0.05, 0.1) is 0 Å². The molecule has 0 fully saturated rings. The van der Waals surface area contributed by atoms with E-state index in [9.17, 15) is 0 Å². The Balaban J connectivity index is 2.42. The van der Waals surface area contributed by atoms with Gasteiger partial charge in [0, 0.05) is 14.4 Å². The number of benzene rings is 2. The van der Waals surface area contributed by atoms with Crippen LogP contribution in [0.2, 0.25) is 0 Å². The Morgan fingerprint density at radius 2 is 1.61 bits per heavy atom. The van der Waals surface area contributed by atoms with Crippen LogP contribution < -0.4 is 0 Å². The fourth-order valence-corrected chi connectivity index (χ4v) is 3.81. The molecular weight excluding hydrogens is 352 g/mol. The van der Waals surface area contributed by atoms with Crippen LogP contribution in [0.1, 0.15) is 30.5 Å². The molecule has 0 aromatic heterocycles. The highest BCUT2D eigenvalue weighted by Crippen LogP contribution is 2.51. The van der Waals surface area contributed by atoms with Gasteiger partial charge in [-0.2, -0.15) is 0 Å². The third-order valence-corrected chi connectivity index (χ3v) is 5.32. The maximum atomic E-state index is 3.65. The van der Waals surface area contributed by atoms with Crippen LogP contribution in [0.25, 0.3) is 11.1 Å². The molecule has 1 aliphatic carbocycles. The van der Waals surface area contributed by atoms with Gasteiger partial charge in [0.25, 0.3) is 0 Å². The van der Waals surface area contributed by atoms with Crippen LogP contribution in [0.4, 0.5) is 0 Å². The molecule has 3 rings (SSSR count). The van der Waals surface area contributed by atoms with E-state index in [1.165, 1.54) is 32.3 Å². The van der Waals surface area contributed by atoms with Crippen molar-refractivity contribution in [2.45, 2.75) is 26.2 Å². The number of fused-ring (bicyclic) bond motifs is 3. The predicted molar refractivity (Wildman–Crippen MR) is 84.1 cm³/mol. The average Bonchev–Trinajstić information content (AvgIpc) is 2.53. The molecule has 0 spiro atoms. The quantitative estimate of drug-likeness (QED) is 0.551. The number of hydrogen-bond acceptors (Lipinski definition) is 0.